The molecule has 21 heavy (non-hydrogen) atoms. The van der Waals surface area contributed by atoms with Crippen molar-refractivity contribution in [2.45, 2.75) is 4.83 Å². The average Bonchev–Trinajstić information content (AvgIpc) is 2.69. The molecule has 1 heterocycles. The molecule has 0 radical (unpaired) electrons. The monoisotopic (exact) mass is 457 g/mol. The quantitative estimate of drug-likeness (QED) is 0.548. The Morgan fingerprint density at radius 2 is 1.86 bits per heavy atom. The molecule has 1 amide bonds. The number of hydrogen-bond donors (Lipinski definition) is 1. The number of nitrogens with one attached hydrogen (secondary N) is 1. The minimum absolute atomic E-state index is 0.0517. The Kier molecular flexibility index (Phi) is 4.49. The second-order valence-corrected chi connectivity index (χ2v) is 6.94. The number of carbonyl (C=O) groups excluding carboxylic acids is 1. The van der Waals surface area contributed by atoms with Crippen LogP contribution in [0.4, 0.5) is 0 Å². The van der Waals surface area contributed by atoms with Crippen LogP contribution in [0.2, 0.25) is 0 Å². The Morgan fingerprint density at radius 3 is 2.62 bits per heavy atom. The van der Waals surface area contributed by atoms with Gasteiger partial charge in [0.15, 0.2) is 0 Å². The Morgan fingerprint density at radius 1 is 1.14 bits per heavy atom. The van der Waals surface area contributed by atoms with Crippen molar-refractivity contribution in [1.29, 1.82) is 0 Å². The van der Waals surface area contributed by atoms with Crippen molar-refractivity contribution in [3.8, 4) is 5.75 Å². The Labute approximate surface area is 145 Å². The molecule has 108 valence electrons. The number of ether oxygens (including phenoxy) is 1. The first kappa shape index (κ1) is 14.8. The number of amides is 1. The predicted molar refractivity (Wildman–Crippen MR) is 94.2 cm³/mol. The van der Waals surface area contributed by atoms with Crippen molar-refractivity contribution >= 4 is 44.4 Å². The Hall–Kier alpha value is -1.08. The summed E-state index contributed by atoms with van der Waals surface area (Å²) in [4.78, 5) is 12.1. The highest BCUT2D eigenvalue weighted by atomic mass is 127. The normalized spacial score (nSPS) is 15.4. The number of alkyl halides is 1. The number of rotatable bonds is 2. The third kappa shape index (κ3) is 3.23. The lowest BCUT2D eigenvalue weighted by Crippen LogP contribution is -2.24. The molecule has 3 rings (SSSR count). The van der Waals surface area contributed by atoms with Crippen molar-refractivity contribution < 1.29 is 9.53 Å². The van der Waals surface area contributed by atoms with E-state index in [9.17, 15) is 4.79 Å². The van der Waals surface area contributed by atoms with Gasteiger partial charge in [-0.2, -0.15) is 0 Å². The standard InChI is InChI=1S/C16H13BrINO2/c17-15(10-1-4-12(18)5-2-10)11-3-6-14-13(9-11)16(20)19-7-8-21-14/h1-6,9,15H,7-8H2,(H,19,20). The minimum Gasteiger partial charge on any atom is -0.491 e. The minimum atomic E-state index is -0.0772. The summed E-state index contributed by atoms with van der Waals surface area (Å²) in [6.45, 7) is 1.05. The zero-order valence-electron chi connectivity index (χ0n) is 11.1. The zero-order valence-corrected chi connectivity index (χ0v) is 14.8. The molecule has 2 aromatic rings. The zero-order chi connectivity index (χ0) is 14.8. The first-order chi connectivity index (χ1) is 10.1. The van der Waals surface area contributed by atoms with Gasteiger partial charge in [-0.1, -0.05) is 34.1 Å². The summed E-state index contributed by atoms with van der Waals surface area (Å²) in [7, 11) is 0. The molecule has 1 N–H and O–H groups in total. The summed E-state index contributed by atoms with van der Waals surface area (Å²) in [6, 6.07) is 14.1. The molecule has 0 fully saturated rings. The van der Waals surface area contributed by atoms with Gasteiger partial charge in [0, 0.05) is 3.57 Å². The maximum atomic E-state index is 12.1. The SMILES string of the molecule is O=C1NCCOc2ccc(C(Br)c3ccc(I)cc3)cc21. The maximum Gasteiger partial charge on any atom is 0.255 e. The second-order valence-electron chi connectivity index (χ2n) is 4.77. The summed E-state index contributed by atoms with van der Waals surface area (Å²) >= 11 is 6.00. The van der Waals surface area contributed by atoms with Gasteiger partial charge in [-0.25, -0.2) is 0 Å². The van der Waals surface area contributed by atoms with Crippen LogP contribution in [-0.4, -0.2) is 19.1 Å². The number of halogens is 2. The van der Waals surface area contributed by atoms with Crippen molar-refractivity contribution in [3.05, 3.63) is 62.7 Å². The van der Waals surface area contributed by atoms with Crippen molar-refractivity contribution in [2.24, 2.45) is 0 Å². The fraction of sp³-hybridized carbons (Fsp3) is 0.188. The highest BCUT2D eigenvalue weighted by Gasteiger charge is 2.19. The third-order valence-corrected chi connectivity index (χ3v) is 5.13. The lowest BCUT2D eigenvalue weighted by Gasteiger charge is -2.13. The Bertz CT molecular complexity index is 672. The van der Waals surface area contributed by atoms with E-state index in [1.807, 2.05) is 18.2 Å². The van der Waals surface area contributed by atoms with Gasteiger partial charge in [-0.05, 0) is 58.0 Å². The lowest BCUT2D eigenvalue weighted by atomic mass is 10.0. The van der Waals surface area contributed by atoms with Crippen LogP contribution < -0.4 is 10.1 Å². The van der Waals surface area contributed by atoms with Gasteiger partial charge in [0.25, 0.3) is 5.91 Å². The van der Waals surface area contributed by atoms with E-state index in [4.69, 9.17) is 4.74 Å². The molecule has 0 aliphatic carbocycles. The molecule has 0 bridgehead atoms. The van der Waals surface area contributed by atoms with Gasteiger partial charge < -0.3 is 10.1 Å². The van der Waals surface area contributed by atoms with Gasteiger partial charge in [-0.15, -0.1) is 0 Å². The molecule has 5 heteroatoms. The van der Waals surface area contributed by atoms with Crippen molar-refractivity contribution in [2.75, 3.05) is 13.2 Å². The van der Waals surface area contributed by atoms with Gasteiger partial charge in [0.05, 0.1) is 16.9 Å². The van der Waals surface area contributed by atoms with E-state index < -0.39 is 0 Å². The lowest BCUT2D eigenvalue weighted by molar-refractivity contribution is 0.0957. The van der Waals surface area contributed by atoms with Crippen LogP contribution in [0, 0.1) is 3.57 Å². The molecule has 2 aromatic carbocycles. The largest absolute Gasteiger partial charge is 0.491 e. The van der Waals surface area contributed by atoms with E-state index in [1.165, 1.54) is 3.57 Å². The number of benzene rings is 2. The third-order valence-electron chi connectivity index (χ3n) is 3.35. The summed E-state index contributed by atoms with van der Waals surface area (Å²) in [5, 5.41) is 2.83. The molecule has 1 atom stereocenters. The highest BCUT2D eigenvalue weighted by molar-refractivity contribution is 14.1. The van der Waals surface area contributed by atoms with Crippen LogP contribution in [0.3, 0.4) is 0 Å². The molecular weight excluding hydrogens is 445 g/mol. The molecule has 3 nitrogen and oxygen atoms in total. The van der Waals surface area contributed by atoms with E-state index in [0.717, 1.165) is 11.1 Å². The van der Waals surface area contributed by atoms with Crippen LogP contribution in [0.15, 0.2) is 42.5 Å². The number of fused-ring (bicyclic) bond motifs is 1. The summed E-state index contributed by atoms with van der Waals surface area (Å²) < 4.78 is 6.78. The van der Waals surface area contributed by atoms with E-state index in [2.05, 4.69) is 68.1 Å². The number of carbonyl (C=O) groups is 1. The van der Waals surface area contributed by atoms with E-state index in [-0.39, 0.29) is 10.7 Å². The van der Waals surface area contributed by atoms with Crippen molar-refractivity contribution in [3.63, 3.8) is 0 Å². The maximum absolute atomic E-state index is 12.1. The average molecular weight is 458 g/mol. The predicted octanol–water partition coefficient (Wildman–Crippen LogP) is 3.90. The van der Waals surface area contributed by atoms with Crippen molar-refractivity contribution in [1.82, 2.24) is 5.32 Å². The molecule has 0 aromatic heterocycles. The summed E-state index contributed by atoms with van der Waals surface area (Å²) in [5.74, 6) is 0.572. The van der Waals surface area contributed by atoms with E-state index >= 15 is 0 Å². The Balaban J connectivity index is 1.96. The summed E-state index contributed by atoms with van der Waals surface area (Å²) in [5.41, 5.74) is 2.79. The van der Waals surface area contributed by atoms with E-state index in [1.54, 1.807) is 0 Å². The van der Waals surface area contributed by atoms with Crippen LogP contribution in [-0.2, 0) is 0 Å². The first-order valence-corrected chi connectivity index (χ1v) is 8.59. The molecule has 0 spiro atoms. The van der Waals surface area contributed by atoms with Gasteiger partial charge in [-0.3, -0.25) is 4.79 Å². The van der Waals surface area contributed by atoms with Crippen LogP contribution >= 0.6 is 38.5 Å². The van der Waals surface area contributed by atoms with Crippen LogP contribution in [0.5, 0.6) is 5.75 Å². The molecule has 1 aliphatic heterocycles. The first-order valence-electron chi connectivity index (χ1n) is 6.59. The fourth-order valence-corrected chi connectivity index (χ4v) is 3.20. The molecule has 0 saturated heterocycles. The molecule has 1 aliphatic rings. The van der Waals surface area contributed by atoms with E-state index in [0.29, 0.717) is 24.5 Å². The van der Waals surface area contributed by atoms with Crippen LogP contribution in [0.1, 0.15) is 26.3 Å². The summed E-state index contributed by atoms with van der Waals surface area (Å²) in [6.07, 6.45) is 0. The molecule has 1 unspecified atom stereocenters. The van der Waals surface area contributed by atoms with Gasteiger partial charge >= 0.3 is 0 Å². The van der Waals surface area contributed by atoms with Crippen LogP contribution in [0.25, 0.3) is 0 Å². The molecular formula is C16H13BrINO2. The second kappa shape index (κ2) is 6.36. The molecule has 0 saturated carbocycles. The number of hydrogen-bond acceptors (Lipinski definition) is 2. The smallest absolute Gasteiger partial charge is 0.255 e. The van der Waals surface area contributed by atoms with Gasteiger partial charge in [0.1, 0.15) is 12.4 Å². The topological polar surface area (TPSA) is 38.3 Å². The highest BCUT2D eigenvalue weighted by Crippen LogP contribution is 2.34. The fourth-order valence-electron chi connectivity index (χ4n) is 2.25. The van der Waals surface area contributed by atoms with Gasteiger partial charge in [0.2, 0.25) is 0 Å².